The van der Waals surface area contributed by atoms with E-state index in [1.165, 1.54) is 16.6 Å². The molecule has 0 aliphatic rings. The molecule has 3 rings (SSSR count). The summed E-state index contributed by atoms with van der Waals surface area (Å²) in [5.74, 6) is -0.665. The van der Waals surface area contributed by atoms with E-state index in [9.17, 15) is 18.0 Å². The fraction of sp³-hybridized carbons (Fsp3) is 0.316. The number of nitrogens with zero attached hydrogens (tertiary/aromatic N) is 4. The van der Waals surface area contributed by atoms with Gasteiger partial charge in [0, 0.05) is 37.7 Å². The molecule has 3 heterocycles. The predicted octanol–water partition coefficient (Wildman–Crippen LogP) is 1.27. The van der Waals surface area contributed by atoms with Crippen molar-refractivity contribution in [3.8, 4) is 0 Å². The minimum absolute atomic E-state index is 0.0473. The zero-order valence-corrected chi connectivity index (χ0v) is 17.0. The van der Waals surface area contributed by atoms with E-state index in [-0.39, 0.29) is 11.5 Å². The van der Waals surface area contributed by atoms with Crippen molar-refractivity contribution in [2.45, 2.75) is 31.9 Å². The third-order valence-electron chi connectivity index (χ3n) is 4.39. The van der Waals surface area contributed by atoms with E-state index < -0.39 is 28.1 Å². The lowest BCUT2D eigenvalue weighted by Crippen LogP contribution is -2.32. The maximum atomic E-state index is 12.6. The molecule has 0 atom stereocenters. The molecule has 9 nitrogen and oxygen atoms in total. The van der Waals surface area contributed by atoms with Crippen LogP contribution in [0.5, 0.6) is 0 Å². The number of pyridine rings is 2. The fourth-order valence-corrected chi connectivity index (χ4v) is 4.37. The number of carbonyl (C=O) groups excluding carboxylic acids is 1. The van der Waals surface area contributed by atoms with Crippen LogP contribution in [0.3, 0.4) is 0 Å². The number of imidazole rings is 1. The zero-order valence-electron chi connectivity index (χ0n) is 16.2. The van der Waals surface area contributed by atoms with Crippen LogP contribution in [0.1, 0.15) is 19.5 Å². The van der Waals surface area contributed by atoms with Gasteiger partial charge in [0.25, 0.3) is 5.56 Å². The monoisotopic (exact) mass is 418 g/mol. The quantitative estimate of drug-likeness (QED) is 0.511. The summed E-state index contributed by atoms with van der Waals surface area (Å²) in [4.78, 5) is 28.5. The molecule has 10 heteroatoms. The molecule has 29 heavy (non-hydrogen) atoms. The van der Waals surface area contributed by atoms with E-state index in [4.69, 9.17) is 4.74 Å². The summed E-state index contributed by atoms with van der Waals surface area (Å²) in [7, 11) is -3.74. The van der Waals surface area contributed by atoms with Crippen molar-refractivity contribution >= 4 is 21.6 Å². The van der Waals surface area contributed by atoms with E-state index in [0.29, 0.717) is 18.8 Å². The largest absolute Gasteiger partial charge is 0.458 e. The van der Waals surface area contributed by atoms with Crippen molar-refractivity contribution in [3.05, 3.63) is 65.0 Å². The van der Waals surface area contributed by atoms with E-state index in [1.807, 2.05) is 24.4 Å². The third kappa shape index (κ3) is 4.54. The Balaban J connectivity index is 1.72. The number of ether oxygens (including phenoxy) is 1. The fourth-order valence-electron chi connectivity index (χ4n) is 2.89. The van der Waals surface area contributed by atoms with Crippen molar-refractivity contribution < 1.29 is 17.9 Å². The highest BCUT2D eigenvalue weighted by molar-refractivity contribution is 7.89. The van der Waals surface area contributed by atoms with Crippen molar-refractivity contribution in [2.24, 2.45) is 0 Å². The average Bonchev–Trinajstić information content (AvgIpc) is 3.12. The van der Waals surface area contributed by atoms with Crippen molar-refractivity contribution in [2.75, 3.05) is 13.1 Å². The van der Waals surface area contributed by atoms with Crippen molar-refractivity contribution in [1.29, 1.82) is 0 Å². The van der Waals surface area contributed by atoms with Gasteiger partial charge in [-0.1, -0.05) is 19.9 Å². The molecule has 0 bridgehead atoms. The lowest BCUT2D eigenvalue weighted by molar-refractivity contribution is -0.145. The lowest BCUT2D eigenvalue weighted by Gasteiger charge is -2.18. The summed E-state index contributed by atoms with van der Waals surface area (Å²) in [6, 6.07) is 7.91. The van der Waals surface area contributed by atoms with E-state index >= 15 is 0 Å². The number of rotatable bonds is 8. The van der Waals surface area contributed by atoms with Gasteiger partial charge in [-0.2, -0.15) is 4.31 Å². The lowest BCUT2D eigenvalue weighted by atomic mass is 10.4. The maximum absolute atomic E-state index is 12.6. The first-order valence-electron chi connectivity index (χ1n) is 9.14. The summed E-state index contributed by atoms with van der Waals surface area (Å²) in [5, 5.41) is 0. The molecule has 0 spiro atoms. The molecule has 0 aliphatic carbocycles. The van der Waals surface area contributed by atoms with Crippen LogP contribution in [-0.4, -0.2) is 45.7 Å². The molecule has 0 N–H and O–H groups in total. The van der Waals surface area contributed by atoms with Gasteiger partial charge in [-0.25, -0.2) is 13.4 Å². The van der Waals surface area contributed by atoms with Crippen LogP contribution in [0.2, 0.25) is 0 Å². The molecule has 0 unspecified atom stereocenters. The molecule has 0 aromatic carbocycles. The maximum Gasteiger partial charge on any atom is 0.326 e. The van der Waals surface area contributed by atoms with E-state index in [1.54, 1.807) is 24.4 Å². The highest BCUT2D eigenvalue weighted by Crippen LogP contribution is 2.13. The Kier molecular flexibility index (Phi) is 6.14. The Morgan fingerprint density at radius 3 is 2.59 bits per heavy atom. The SMILES string of the molecule is CCN(CC)S(=O)(=O)c1ccc(=O)n(CC(=O)OCc2cn3ccccc3n2)c1. The Bertz CT molecular complexity index is 1150. The predicted molar refractivity (Wildman–Crippen MR) is 106 cm³/mol. The van der Waals surface area contributed by atoms with Crippen LogP contribution < -0.4 is 5.56 Å². The molecule has 0 aliphatic heterocycles. The topological polar surface area (TPSA) is 103 Å². The smallest absolute Gasteiger partial charge is 0.326 e. The van der Waals surface area contributed by atoms with Crippen LogP contribution >= 0.6 is 0 Å². The molecular weight excluding hydrogens is 396 g/mol. The molecule has 3 aromatic heterocycles. The zero-order chi connectivity index (χ0) is 21.0. The second kappa shape index (κ2) is 8.58. The minimum atomic E-state index is -3.74. The van der Waals surface area contributed by atoms with Gasteiger partial charge in [0.2, 0.25) is 10.0 Å². The molecule has 0 amide bonds. The average molecular weight is 418 g/mol. The van der Waals surface area contributed by atoms with Gasteiger partial charge in [0.1, 0.15) is 18.8 Å². The van der Waals surface area contributed by atoms with E-state index in [0.717, 1.165) is 16.3 Å². The van der Waals surface area contributed by atoms with Gasteiger partial charge < -0.3 is 13.7 Å². The van der Waals surface area contributed by atoms with E-state index in [2.05, 4.69) is 4.98 Å². The Labute approximate surface area is 168 Å². The standard InChI is InChI=1S/C19H22N4O5S/c1-3-23(4-2)29(26,27)16-8-9-18(24)22(12-16)13-19(25)28-14-15-11-21-10-6-5-7-17(21)20-15/h5-12H,3-4,13-14H2,1-2H3. The van der Waals surface area contributed by atoms with Crippen LogP contribution in [-0.2, 0) is 32.7 Å². The molecule has 0 saturated heterocycles. The highest BCUT2D eigenvalue weighted by Gasteiger charge is 2.22. The van der Waals surface area contributed by atoms with Gasteiger partial charge >= 0.3 is 5.97 Å². The number of fused-ring (bicyclic) bond motifs is 1. The first kappa shape index (κ1) is 20.7. The third-order valence-corrected chi connectivity index (χ3v) is 6.43. The second-order valence-electron chi connectivity index (χ2n) is 6.28. The number of aromatic nitrogens is 3. The number of sulfonamides is 1. The van der Waals surface area contributed by atoms with Crippen LogP contribution in [0.15, 0.2) is 58.6 Å². The number of carbonyl (C=O) groups is 1. The van der Waals surface area contributed by atoms with Gasteiger partial charge in [0.15, 0.2) is 0 Å². The summed E-state index contributed by atoms with van der Waals surface area (Å²) >= 11 is 0. The van der Waals surface area contributed by atoms with Crippen LogP contribution in [0.25, 0.3) is 5.65 Å². The summed E-state index contributed by atoms with van der Waals surface area (Å²) < 4.78 is 34.6. The van der Waals surface area contributed by atoms with Crippen molar-refractivity contribution in [3.63, 3.8) is 0 Å². The number of esters is 1. The minimum Gasteiger partial charge on any atom is -0.458 e. The molecule has 0 radical (unpaired) electrons. The Hall–Kier alpha value is -2.98. The molecule has 154 valence electrons. The van der Waals surface area contributed by atoms with Crippen molar-refractivity contribution in [1.82, 2.24) is 18.3 Å². The summed E-state index contributed by atoms with van der Waals surface area (Å²) in [6.07, 6.45) is 4.74. The Morgan fingerprint density at radius 2 is 1.90 bits per heavy atom. The highest BCUT2D eigenvalue weighted by atomic mass is 32.2. The molecule has 3 aromatic rings. The normalized spacial score (nSPS) is 11.8. The van der Waals surface area contributed by atoms with Gasteiger partial charge in [-0.15, -0.1) is 0 Å². The molecule has 0 saturated carbocycles. The van der Waals surface area contributed by atoms with Gasteiger partial charge in [-0.3, -0.25) is 9.59 Å². The number of hydrogen-bond donors (Lipinski definition) is 0. The van der Waals surface area contributed by atoms with Gasteiger partial charge in [-0.05, 0) is 18.2 Å². The first-order chi connectivity index (χ1) is 13.8. The molecule has 0 fully saturated rings. The number of hydrogen-bond acceptors (Lipinski definition) is 6. The summed E-state index contributed by atoms with van der Waals surface area (Å²) in [6.45, 7) is 3.63. The summed E-state index contributed by atoms with van der Waals surface area (Å²) in [5.41, 5.74) is 0.798. The van der Waals surface area contributed by atoms with Crippen LogP contribution in [0, 0.1) is 0 Å². The Morgan fingerprint density at radius 1 is 1.14 bits per heavy atom. The van der Waals surface area contributed by atoms with Crippen LogP contribution in [0.4, 0.5) is 0 Å². The van der Waals surface area contributed by atoms with Gasteiger partial charge in [0.05, 0.1) is 10.6 Å². The molecular formula is C19H22N4O5S. The first-order valence-corrected chi connectivity index (χ1v) is 10.6. The second-order valence-corrected chi connectivity index (χ2v) is 8.22.